The summed E-state index contributed by atoms with van der Waals surface area (Å²) in [5.74, 6) is 1.24. The summed E-state index contributed by atoms with van der Waals surface area (Å²) in [4.78, 5) is 16.3. The average molecular weight is 429 g/mol. The molecule has 0 bridgehead atoms. The van der Waals surface area contributed by atoms with Gasteiger partial charge in [-0.1, -0.05) is 42.5 Å². The van der Waals surface area contributed by atoms with Crippen LogP contribution in [0.2, 0.25) is 0 Å². The van der Waals surface area contributed by atoms with Crippen molar-refractivity contribution >= 4 is 16.8 Å². The second-order valence-electron chi connectivity index (χ2n) is 7.71. The molecule has 0 fully saturated rings. The highest BCUT2D eigenvalue weighted by atomic mass is 16.5. The molecule has 0 saturated heterocycles. The average Bonchev–Trinajstić information content (AvgIpc) is 3.24. The first kappa shape index (κ1) is 21.5. The molecule has 4 rings (SSSR count). The molecular weight excluding hydrogens is 400 g/mol. The fraction of sp³-hybridized carbons (Fsp3) is 0.222. The quantitative estimate of drug-likeness (QED) is 0.392. The van der Waals surface area contributed by atoms with Gasteiger partial charge < -0.3 is 19.8 Å². The van der Waals surface area contributed by atoms with Crippen LogP contribution in [-0.2, 0) is 0 Å². The zero-order chi connectivity index (χ0) is 22.5. The van der Waals surface area contributed by atoms with Crippen LogP contribution in [0.4, 0.5) is 0 Å². The Morgan fingerprint density at radius 2 is 1.81 bits per heavy atom. The first-order chi connectivity index (χ1) is 15.6. The van der Waals surface area contributed by atoms with Gasteiger partial charge in [-0.05, 0) is 54.8 Å². The van der Waals surface area contributed by atoms with Crippen molar-refractivity contribution in [2.24, 2.45) is 0 Å². The third-order valence-electron chi connectivity index (χ3n) is 5.74. The summed E-state index contributed by atoms with van der Waals surface area (Å²) in [6, 6.07) is 21.8. The van der Waals surface area contributed by atoms with E-state index in [2.05, 4.69) is 22.4 Å². The third kappa shape index (κ3) is 4.33. The lowest BCUT2D eigenvalue weighted by Crippen LogP contribution is -2.29. The van der Waals surface area contributed by atoms with E-state index >= 15 is 0 Å². The molecule has 1 aromatic heterocycles. The highest BCUT2D eigenvalue weighted by Gasteiger charge is 2.21. The van der Waals surface area contributed by atoms with Gasteiger partial charge in [-0.2, -0.15) is 0 Å². The number of benzene rings is 3. The van der Waals surface area contributed by atoms with Crippen LogP contribution >= 0.6 is 0 Å². The van der Waals surface area contributed by atoms with Gasteiger partial charge in [0.15, 0.2) is 11.5 Å². The number of rotatable bonds is 8. The Labute approximate surface area is 188 Å². The van der Waals surface area contributed by atoms with Gasteiger partial charge in [-0.15, -0.1) is 0 Å². The number of aromatic amines is 1. The third-order valence-corrected chi connectivity index (χ3v) is 5.74. The maximum absolute atomic E-state index is 12.9. The summed E-state index contributed by atoms with van der Waals surface area (Å²) in [7, 11) is 1.64. The maximum Gasteiger partial charge on any atom is 0.251 e. The minimum absolute atomic E-state index is 0.0660. The number of aromatic nitrogens is 1. The number of hydrogen-bond donors (Lipinski definition) is 2. The van der Waals surface area contributed by atoms with Crippen LogP contribution in [0.3, 0.4) is 0 Å². The Morgan fingerprint density at radius 3 is 2.59 bits per heavy atom. The zero-order valence-corrected chi connectivity index (χ0v) is 18.6. The van der Waals surface area contributed by atoms with Gasteiger partial charge in [0.1, 0.15) is 0 Å². The van der Waals surface area contributed by atoms with E-state index in [1.54, 1.807) is 7.11 Å². The molecule has 3 aromatic carbocycles. The molecule has 1 heterocycles. The van der Waals surface area contributed by atoms with Crippen LogP contribution in [0, 0.1) is 6.92 Å². The van der Waals surface area contributed by atoms with Crippen molar-refractivity contribution in [1.29, 1.82) is 0 Å². The van der Waals surface area contributed by atoms with Gasteiger partial charge in [-0.3, -0.25) is 4.79 Å². The van der Waals surface area contributed by atoms with E-state index in [1.807, 2.05) is 74.6 Å². The molecule has 0 aliphatic rings. The number of amides is 1. The molecular formula is C27H28N2O3. The number of nitrogens with one attached hydrogen (secondary N) is 2. The van der Waals surface area contributed by atoms with Crippen molar-refractivity contribution in [1.82, 2.24) is 10.3 Å². The molecule has 0 unspecified atom stereocenters. The van der Waals surface area contributed by atoms with Crippen LogP contribution < -0.4 is 14.8 Å². The van der Waals surface area contributed by atoms with E-state index in [-0.39, 0.29) is 11.8 Å². The number of aryl methyl sites for hydroxylation is 1. The van der Waals surface area contributed by atoms with Crippen molar-refractivity contribution in [3.8, 4) is 11.5 Å². The van der Waals surface area contributed by atoms with Gasteiger partial charge in [0.25, 0.3) is 5.91 Å². The normalized spacial score (nSPS) is 11.8. The van der Waals surface area contributed by atoms with E-state index in [0.717, 1.165) is 27.6 Å². The summed E-state index contributed by atoms with van der Waals surface area (Å²) in [6.07, 6.45) is 2.03. The van der Waals surface area contributed by atoms with Crippen molar-refractivity contribution in [2.45, 2.75) is 19.8 Å². The summed E-state index contributed by atoms with van der Waals surface area (Å²) >= 11 is 0. The maximum atomic E-state index is 12.9. The number of carbonyl (C=O) groups is 1. The fourth-order valence-electron chi connectivity index (χ4n) is 4.08. The Bertz CT molecular complexity index is 1230. The van der Waals surface area contributed by atoms with E-state index < -0.39 is 0 Å². The summed E-state index contributed by atoms with van der Waals surface area (Å²) in [5.41, 5.74) is 4.87. The number of ether oxygens (including phenoxy) is 2. The van der Waals surface area contributed by atoms with E-state index in [9.17, 15) is 4.79 Å². The Hall–Kier alpha value is -3.73. The standard InChI is InChI=1S/C27H28N2O3/c1-4-32-25-14-13-19(15-26(25)31-3)22(23-17-28-24-12-8-7-11-21(23)24)16-29-27(30)20-10-6-5-9-18(20)2/h5-15,17,22,28H,4,16H2,1-3H3,(H,29,30)/t22-/m0/s1. The smallest absolute Gasteiger partial charge is 0.251 e. The number of fused-ring (bicyclic) bond motifs is 1. The minimum atomic E-state index is -0.0779. The van der Waals surface area contributed by atoms with Crippen molar-refractivity contribution < 1.29 is 14.3 Å². The molecule has 32 heavy (non-hydrogen) atoms. The lowest BCUT2D eigenvalue weighted by Gasteiger charge is -2.20. The van der Waals surface area contributed by atoms with Gasteiger partial charge in [0.05, 0.1) is 13.7 Å². The zero-order valence-electron chi connectivity index (χ0n) is 18.6. The second kappa shape index (κ2) is 9.60. The number of para-hydroxylation sites is 1. The number of hydrogen-bond acceptors (Lipinski definition) is 3. The van der Waals surface area contributed by atoms with Gasteiger partial charge >= 0.3 is 0 Å². The first-order valence-corrected chi connectivity index (χ1v) is 10.8. The monoisotopic (exact) mass is 428 g/mol. The van der Waals surface area contributed by atoms with E-state index in [4.69, 9.17) is 9.47 Å². The molecule has 1 amide bonds. The van der Waals surface area contributed by atoms with Crippen molar-refractivity contribution in [2.75, 3.05) is 20.3 Å². The van der Waals surface area contributed by atoms with Crippen LogP contribution in [0.5, 0.6) is 11.5 Å². The molecule has 0 aliphatic heterocycles. The largest absolute Gasteiger partial charge is 0.493 e. The van der Waals surface area contributed by atoms with E-state index in [0.29, 0.717) is 30.2 Å². The molecule has 5 heteroatoms. The fourth-order valence-corrected chi connectivity index (χ4v) is 4.08. The molecule has 5 nitrogen and oxygen atoms in total. The van der Waals surface area contributed by atoms with E-state index in [1.165, 1.54) is 0 Å². The Balaban J connectivity index is 1.71. The van der Waals surface area contributed by atoms with Crippen LogP contribution in [0.25, 0.3) is 10.9 Å². The Morgan fingerprint density at radius 1 is 1.03 bits per heavy atom. The molecule has 164 valence electrons. The second-order valence-corrected chi connectivity index (χ2v) is 7.71. The van der Waals surface area contributed by atoms with Gasteiger partial charge in [0, 0.05) is 35.1 Å². The van der Waals surface area contributed by atoms with Crippen LogP contribution in [0.15, 0.2) is 72.9 Å². The predicted octanol–water partition coefficient (Wildman–Crippen LogP) is 5.45. The first-order valence-electron chi connectivity index (χ1n) is 10.8. The predicted molar refractivity (Wildman–Crippen MR) is 128 cm³/mol. The van der Waals surface area contributed by atoms with Crippen LogP contribution in [-0.4, -0.2) is 31.2 Å². The molecule has 2 N–H and O–H groups in total. The van der Waals surface area contributed by atoms with Crippen molar-refractivity contribution in [3.63, 3.8) is 0 Å². The number of methoxy groups -OCH3 is 1. The number of H-pyrrole nitrogens is 1. The highest BCUT2D eigenvalue weighted by molar-refractivity contribution is 5.95. The summed E-state index contributed by atoms with van der Waals surface area (Å²) < 4.78 is 11.3. The molecule has 0 radical (unpaired) electrons. The SMILES string of the molecule is CCOc1ccc([C@H](CNC(=O)c2ccccc2C)c2c[nH]c3ccccc23)cc1OC. The summed E-state index contributed by atoms with van der Waals surface area (Å²) in [5, 5.41) is 4.28. The highest BCUT2D eigenvalue weighted by Crippen LogP contribution is 2.36. The lowest BCUT2D eigenvalue weighted by atomic mass is 9.90. The topological polar surface area (TPSA) is 63.3 Å². The Kier molecular flexibility index (Phi) is 6.45. The molecule has 0 spiro atoms. The summed E-state index contributed by atoms with van der Waals surface area (Å²) in [6.45, 7) is 4.91. The van der Waals surface area contributed by atoms with Crippen LogP contribution in [0.1, 0.15) is 39.9 Å². The molecule has 4 aromatic rings. The van der Waals surface area contributed by atoms with Crippen molar-refractivity contribution in [3.05, 3.63) is 95.2 Å². The number of carbonyl (C=O) groups excluding carboxylic acids is 1. The van der Waals surface area contributed by atoms with Gasteiger partial charge in [0.2, 0.25) is 0 Å². The minimum Gasteiger partial charge on any atom is -0.493 e. The lowest BCUT2D eigenvalue weighted by molar-refractivity contribution is 0.0952. The molecule has 0 aliphatic carbocycles. The van der Waals surface area contributed by atoms with Gasteiger partial charge in [-0.25, -0.2) is 0 Å². The molecule has 1 atom stereocenters. The molecule has 0 saturated carbocycles.